The van der Waals surface area contributed by atoms with E-state index in [0.717, 1.165) is 71.6 Å². The van der Waals surface area contributed by atoms with Crippen LogP contribution in [0.4, 0.5) is 37.2 Å². The van der Waals surface area contributed by atoms with Crippen molar-refractivity contribution < 1.29 is 84.6 Å². The number of hydrogen-bond donors (Lipinski definition) is 6. The van der Waals surface area contributed by atoms with Gasteiger partial charge in [0, 0.05) is 143 Å². The molecule has 0 aromatic heterocycles. The van der Waals surface area contributed by atoms with Gasteiger partial charge in [0.05, 0.1) is 70.3 Å². The highest BCUT2D eigenvalue weighted by Gasteiger charge is 2.57. The number of benzene rings is 7. The van der Waals surface area contributed by atoms with Crippen LogP contribution in [0.5, 0.6) is 0 Å². The predicted octanol–water partition coefficient (Wildman–Crippen LogP) is 16.1. The molecule has 6 fully saturated rings. The molecule has 7 aromatic rings. The van der Waals surface area contributed by atoms with Crippen LogP contribution in [0.15, 0.2) is 174 Å². The molecular weight excluding hydrogens is 1590 g/mol. The number of nitro benzene ring substituents is 1. The number of fused-ring (bicyclic) bond motifs is 6. The number of hydrogen-bond acceptors (Lipinski definition) is 21. The summed E-state index contributed by atoms with van der Waals surface area (Å²) in [6.07, 6.45) is 5.68. The summed E-state index contributed by atoms with van der Waals surface area (Å²) in [5.74, 6) is -0.00766. The number of nitrogens with two attached hydrogens (primary N) is 2. The summed E-state index contributed by atoms with van der Waals surface area (Å²) in [6.45, 7) is 6.58. The highest BCUT2D eigenvalue weighted by Crippen LogP contribution is 2.57. The summed E-state index contributed by atoms with van der Waals surface area (Å²) in [6, 6.07) is 46.8. The third-order valence-electron chi connectivity index (χ3n) is 25.3. The lowest BCUT2D eigenvalue weighted by Gasteiger charge is -2.36. The van der Waals surface area contributed by atoms with E-state index in [0.29, 0.717) is 90.2 Å². The molecule has 0 spiro atoms. The number of thioether (sulfide) groups is 2. The van der Waals surface area contributed by atoms with Gasteiger partial charge in [-0.3, -0.25) is 30.7 Å². The third kappa shape index (κ3) is 19.5. The monoisotopic (exact) mass is 1700 g/mol. The molecule has 9 aliphatic rings. The number of nitrogens with one attached hydrogen (secondary N) is 2. The second-order valence-electron chi connectivity index (χ2n) is 33.1. The Labute approximate surface area is 705 Å². The number of ether oxygens (including phenoxy) is 8. The Morgan fingerprint density at radius 2 is 1.05 bits per heavy atom. The van der Waals surface area contributed by atoms with Crippen molar-refractivity contribution in [3.63, 3.8) is 0 Å². The minimum atomic E-state index is -1.05. The number of amidine groups is 2. The summed E-state index contributed by atoms with van der Waals surface area (Å²) in [4.78, 5) is 45.3. The predicted molar refractivity (Wildman–Crippen MR) is 453 cm³/mol. The molecule has 3 heterocycles. The molecule has 6 aliphatic carbocycles. The Hall–Kier alpha value is -8.30. The Kier molecular flexibility index (Phi) is 29.4. The first kappa shape index (κ1) is 89.9. The second kappa shape index (κ2) is 38.8. The molecule has 0 unspecified atom stereocenters. The van der Waals surface area contributed by atoms with Crippen molar-refractivity contribution in [2.24, 2.45) is 51.0 Å². The van der Waals surface area contributed by atoms with Crippen LogP contribution in [0.2, 0.25) is 0 Å². The first-order valence-electron chi connectivity index (χ1n) is 40.1. The van der Waals surface area contributed by atoms with E-state index in [1.54, 1.807) is 123 Å². The van der Waals surface area contributed by atoms with Crippen LogP contribution in [-0.2, 0) is 65.3 Å². The van der Waals surface area contributed by atoms with Gasteiger partial charge in [0.2, 0.25) is 0 Å². The molecule has 2 amide bonds. The topological polar surface area (TPSA) is 292 Å². The van der Waals surface area contributed by atoms with E-state index < -0.39 is 50.6 Å². The lowest BCUT2D eigenvalue weighted by Crippen LogP contribution is -2.42. The van der Waals surface area contributed by atoms with Crippen LogP contribution in [0.25, 0.3) is 11.1 Å². The van der Waals surface area contributed by atoms with Gasteiger partial charge in [-0.05, 0) is 148 Å². The van der Waals surface area contributed by atoms with Crippen LogP contribution in [0.3, 0.4) is 0 Å². The van der Waals surface area contributed by atoms with Crippen LogP contribution < -0.4 is 22.1 Å². The van der Waals surface area contributed by atoms with E-state index in [1.165, 1.54) is 36.0 Å². The zero-order valence-corrected chi connectivity index (χ0v) is 70.5. The number of aliphatic imine (C=N–C) groups is 2. The van der Waals surface area contributed by atoms with Crippen molar-refractivity contribution in [3.05, 3.63) is 242 Å². The molecule has 21 nitrogen and oxygen atoms in total. The van der Waals surface area contributed by atoms with Crippen molar-refractivity contribution >= 4 is 68.9 Å². The summed E-state index contributed by atoms with van der Waals surface area (Å²) in [7, 11) is 8.26. The van der Waals surface area contributed by atoms with Gasteiger partial charge in [-0.15, -0.1) is 0 Å². The molecule has 5 saturated carbocycles. The first-order chi connectivity index (χ1) is 57.0. The van der Waals surface area contributed by atoms with Gasteiger partial charge in [-0.2, -0.15) is 0 Å². The number of alkyl carbamates (subject to hydrolysis) is 2. The maximum atomic E-state index is 15.0. The fourth-order valence-electron chi connectivity index (χ4n) is 19.5. The standard InChI is InChI=1S/C30H30FNO4S.C19H24FN3O5S.C14H17FN2OS.C14H17FO2.C13H18FNO2/c1-35-20-14-19(17-33)30(15-20,26-12-6-7-13-27(26)31)16-28(37)32-29(34)36-18-25-23-10-4-2-8-21(23)22-9-3-5-11-24(22)25;1-18(2,3)28-17(24)21-16-22-19(9-13(27-4)7-11(19)10-29-16)14-8-12(23(25)26)5-6-15(14)20;1-18-10-6-9-8-19-13(16)17-14(9,7-10)11-4-2-3-5-12(11)15;1-16-11-6-10-8-17-9-14(10,7-11)12-4-2-3-5-13(12)15;1-17-10-6-9(8-16)13(15,7-10)11-4-2-3-5-12(11)14/h2-13,19-20,25,33H,14-18H2,1H3,(H,32,34,37);5-6,8,11,13H,7,9-10H2,1-4H3,(H,21,22,24);2-5,9-10H,6-8H2,1H3,(H2,16,17);2-5,10-11H,6-9H2,1H3;2-5,9-10,16H,6-8,15H2,1H3/t19-,20+,30-;11-,13+,19-;9-,10+,14-;10-,11+,14-;9-,10+,13-/m00000/s1. The van der Waals surface area contributed by atoms with Gasteiger partial charge in [-0.25, -0.2) is 31.5 Å². The van der Waals surface area contributed by atoms with Crippen LogP contribution in [-0.4, -0.2) is 159 Å². The van der Waals surface area contributed by atoms with Gasteiger partial charge in [0.15, 0.2) is 10.3 Å². The van der Waals surface area contributed by atoms with E-state index in [-0.39, 0.29) is 131 Å². The van der Waals surface area contributed by atoms with E-state index in [9.17, 15) is 51.9 Å². The molecule has 3 aliphatic heterocycles. The normalized spacial score (nSPS) is 28.7. The van der Waals surface area contributed by atoms with Gasteiger partial charge < -0.3 is 59.6 Å². The quantitative estimate of drug-likeness (QED) is 0.0214. The van der Waals surface area contributed by atoms with E-state index >= 15 is 0 Å². The number of aliphatic hydroxyl groups excluding tert-OH is 2. The third-order valence-corrected chi connectivity index (χ3v) is 27.5. The highest BCUT2D eigenvalue weighted by atomic mass is 32.2. The summed E-state index contributed by atoms with van der Waals surface area (Å²) < 4.78 is 116. The number of amides is 2. The molecule has 8 N–H and O–H groups in total. The number of rotatable bonds is 17. The van der Waals surface area contributed by atoms with Crippen molar-refractivity contribution in [3.8, 4) is 11.1 Å². The molecule has 1 saturated heterocycles. The Morgan fingerprint density at radius 1 is 0.580 bits per heavy atom. The second-order valence-corrected chi connectivity index (χ2v) is 35.6. The molecule has 7 aromatic carbocycles. The number of thiocarbonyl (C=S) groups is 1. The van der Waals surface area contributed by atoms with Gasteiger partial charge >= 0.3 is 12.2 Å². The number of non-ortho nitro benzene ring substituents is 1. The Morgan fingerprint density at radius 3 is 1.60 bits per heavy atom. The summed E-state index contributed by atoms with van der Waals surface area (Å²) >= 11 is 8.47. The fourth-order valence-corrected chi connectivity index (χ4v) is 22.0. The van der Waals surface area contributed by atoms with Crippen LogP contribution in [0, 0.1) is 68.8 Å². The number of halogens is 5. The van der Waals surface area contributed by atoms with Gasteiger partial charge in [-0.1, -0.05) is 157 Å². The fraction of sp³-hybridized carbons (Fsp3) is 0.478. The van der Waals surface area contributed by atoms with Gasteiger partial charge in [0.25, 0.3) is 5.69 Å². The van der Waals surface area contributed by atoms with Crippen molar-refractivity contribution in [2.75, 3.05) is 80.1 Å². The smallest absolute Gasteiger partial charge is 0.413 e. The summed E-state index contributed by atoms with van der Waals surface area (Å²) in [5.41, 5.74) is 15.1. The Balaban J connectivity index is 0.000000142. The number of carbonyl (C=O) groups is 2. The molecule has 15 atom stereocenters. The maximum Gasteiger partial charge on any atom is 0.413 e. The van der Waals surface area contributed by atoms with Crippen molar-refractivity contribution in [1.82, 2.24) is 10.6 Å². The molecule has 0 bridgehead atoms. The molecule has 638 valence electrons. The molecular formula is C90H106F5N7O14S3. The van der Waals surface area contributed by atoms with Crippen LogP contribution >= 0.6 is 35.7 Å². The summed E-state index contributed by atoms with van der Waals surface area (Å²) in [5, 5.41) is 37.0. The largest absolute Gasteiger partial charge is 0.448 e. The number of methoxy groups -OCH3 is 5. The van der Waals surface area contributed by atoms with Gasteiger partial charge in [0.1, 0.15) is 41.3 Å². The number of carbonyl (C=O) groups excluding carboxylic acids is 2. The Bertz CT molecular complexity index is 4770. The SMILES string of the molecule is CO[C@@H]1C[C@@H](CO)[C@](CC(=S)NC(=O)OCC2c3ccccc3-c3ccccc32)(c2ccccc2F)C1.CO[C@@H]1C[C@@H](CO)[C@](N)(c2ccccc2F)C1.CO[C@@H]1C[C@H]2COC[C@@]2(c2ccccc2F)C1.CO[C@@H]1C[C@H]2CSC(N)=N[C@@]2(c2ccccc2F)C1.CO[C@@H]1C[C@H]2CSC(NC(=O)OC(C)(C)C)=N[C@@]2(c2cc([N+](=O)[O-])ccc2F)C1. The van der Waals surface area contributed by atoms with Crippen molar-refractivity contribution in [1.29, 1.82) is 0 Å². The number of nitrogens with zero attached hydrogens (tertiary/aromatic N) is 3. The molecule has 29 heteroatoms. The van der Waals surface area contributed by atoms with E-state index in [1.807, 2.05) is 48.5 Å². The lowest BCUT2D eigenvalue weighted by atomic mass is 9.69. The minimum absolute atomic E-state index is 0.0169. The number of nitro groups is 1. The van der Waals surface area contributed by atoms with E-state index in [4.69, 9.17) is 66.6 Å². The van der Waals surface area contributed by atoms with E-state index in [2.05, 4.69) is 39.9 Å². The zero-order chi connectivity index (χ0) is 85.2. The first-order valence-corrected chi connectivity index (χ1v) is 42.4. The minimum Gasteiger partial charge on any atom is -0.448 e. The van der Waals surface area contributed by atoms with Crippen LogP contribution in [0.1, 0.15) is 136 Å². The average Bonchev–Trinajstić information content (AvgIpc) is 1.55. The molecule has 119 heavy (non-hydrogen) atoms. The maximum absolute atomic E-state index is 15.0. The zero-order valence-electron chi connectivity index (χ0n) is 68.1. The highest BCUT2D eigenvalue weighted by molar-refractivity contribution is 8.14. The molecule has 0 radical (unpaired) electrons. The van der Waals surface area contributed by atoms with Crippen molar-refractivity contribution in [2.45, 2.75) is 161 Å². The molecule has 16 rings (SSSR count). The lowest BCUT2D eigenvalue weighted by molar-refractivity contribution is -0.385. The number of aliphatic hydroxyl groups is 2. The average molecular weight is 1700 g/mol.